The number of hydrogen-bond acceptors (Lipinski definition) is 4. The summed E-state index contributed by atoms with van der Waals surface area (Å²) >= 11 is 0. The highest BCUT2D eigenvalue weighted by Gasteiger charge is 2.61. The van der Waals surface area contributed by atoms with Gasteiger partial charge in [-0.3, -0.25) is 9.47 Å². The summed E-state index contributed by atoms with van der Waals surface area (Å²) in [6, 6.07) is 0. The van der Waals surface area contributed by atoms with E-state index in [4.69, 9.17) is 9.47 Å². The molecule has 0 unspecified atom stereocenters. The first-order valence-corrected chi connectivity index (χ1v) is 13.4. The quantitative estimate of drug-likeness (QED) is 0.233. The molecule has 178 valence electrons. The van der Waals surface area contributed by atoms with E-state index in [1.165, 1.54) is 89.9 Å². The third kappa shape index (κ3) is 8.41. The second kappa shape index (κ2) is 14.1. The van der Waals surface area contributed by atoms with Crippen LogP contribution in [-0.2, 0) is 9.47 Å². The van der Waals surface area contributed by atoms with Gasteiger partial charge in [-0.25, -0.2) is 4.90 Å². The minimum atomic E-state index is -1.47. The summed E-state index contributed by atoms with van der Waals surface area (Å²) in [6.45, 7) is 8.35. The predicted octanol–water partition coefficient (Wildman–Crippen LogP) is 7.35. The molecule has 2 heterocycles. The van der Waals surface area contributed by atoms with E-state index in [0.29, 0.717) is 5.92 Å². The van der Waals surface area contributed by atoms with Crippen molar-refractivity contribution in [2.45, 2.75) is 148 Å². The van der Waals surface area contributed by atoms with Gasteiger partial charge in [-0.05, 0) is 32.6 Å². The first-order chi connectivity index (χ1) is 14.5. The van der Waals surface area contributed by atoms with E-state index in [1.807, 2.05) is 4.90 Å². The molecule has 0 aliphatic carbocycles. The molecule has 0 radical (unpaired) electrons. The third-order valence-electron chi connectivity index (χ3n) is 7.23. The van der Waals surface area contributed by atoms with Crippen molar-refractivity contribution in [3.8, 4) is 0 Å². The van der Waals surface area contributed by atoms with Gasteiger partial charge < -0.3 is 5.11 Å². The van der Waals surface area contributed by atoms with Gasteiger partial charge in [-0.2, -0.15) is 0 Å². The molecule has 0 atom stereocenters. The Balaban J connectivity index is 1.74. The number of hydrogen-bond donors (Lipinski definition) is 1. The summed E-state index contributed by atoms with van der Waals surface area (Å²) < 4.78 is 12.3. The van der Waals surface area contributed by atoms with E-state index in [1.54, 1.807) is 0 Å². The van der Waals surface area contributed by atoms with Crippen LogP contribution in [0, 0.1) is 5.92 Å². The molecular formula is C26H51NO3. The smallest absolute Gasteiger partial charge is 0.330 e. The van der Waals surface area contributed by atoms with Crippen molar-refractivity contribution in [3.63, 3.8) is 0 Å². The Morgan fingerprint density at radius 3 is 1.53 bits per heavy atom. The second-order valence-corrected chi connectivity index (χ2v) is 9.98. The molecule has 1 N–H and O–H groups in total. The van der Waals surface area contributed by atoms with Gasteiger partial charge in [0.05, 0.1) is 0 Å². The minimum absolute atomic E-state index is 0.381. The Morgan fingerprint density at radius 2 is 1.10 bits per heavy atom. The van der Waals surface area contributed by atoms with Gasteiger partial charge in [0.2, 0.25) is 0 Å². The number of aliphatic hydroxyl groups is 1. The van der Waals surface area contributed by atoms with Crippen LogP contribution < -0.4 is 0 Å². The fourth-order valence-electron chi connectivity index (χ4n) is 5.20. The van der Waals surface area contributed by atoms with Crippen LogP contribution in [0.4, 0.5) is 0 Å². The lowest BCUT2D eigenvalue weighted by Gasteiger charge is -2.56. The maximum atomic E-state index is 10.8. The number of rotatable bonds is 18. The lowest BCUT2D eigenvalue weighted by molar-refractivity contribution is -0.624. The normalized spacial score (nSPS) is 27.1. The van der Waals surface area contributed by atoms with Crippen LogP contribution in [0.15, 0.2) is 0 Å². The van der Waals surface area contributed by atoms with E-state index < -0.39 is 11.9 Å². The van der Waals surface area contributed by atoms with E-state index >= 15 is 0 Å². The van der Waals surface area contributed by atoms with Gasteiger partial charge in [0.25, 0.3) is 0 Å². The van der Waals surface area contributed by atoms with Crippen molar-refractivity contribution in [3.05, 3.63) is 0 Å². The SMILES string of the molecule is CCCCCCCCCC(CCCCCCCCC)C1(C)OC(O)(N2CCCC2)O1. The maximum Gasteiger partial charge on any atom is 0.355 e. The van der Waals surface area contributed by atoms with Gasteiger partial charge in [-0.1, -0.05) is 104 Å². The summed E-state index contributed by atoms with van der Waals surface area (Å²) in [6.07, 6.45) is 21.7. The lowest BCUT2D eigenvalue weighted by atomic mass is 9.86. The molecule has 0 aromatic rings. The van der Waals surface area contributed by atoms with Crippen molar-refractivity contribution >= 4 is 0 Å². The van der Waals surface area contributed by atoms with Gasteiger partial charge >= 0.3 is 6.10 Å². The molecule has 2 rings (SSSR count). The number of nitrogens with zero attached hydrogens (tertiary/aromatic N) is 1. The zero-order chi connectivity index (χ0) is 21.7. The van der Waals surface area contributed by atoms with Gasteiger partial charge in [0.15, 0.2) is 5.79 Å². The Labute approximate surface area is 187 Å². The molecule has 4 nitrogen and oxygen atoms in total. The molecule has 0 aromatic heterocycles. The first kappa shape index (κ1) is 26.1. The van der Waals surface area contributed by atoms with E-state index in [-0.39, 0.29) is 0 Å². The maximum absolute atomic E-state index is 10.8. The summed E-state index contributed by atoms with van der Waals surface area (Å²) in [5, 5.41) is 10.8. The number of ether oxygens (including phenoxy) is 2. The fraction of sp³-hybridized carbons (Fsp3) is 1.00. The highest BCUT2D eigenvalue weighted by molar-refractivity contribution is 4.87. The highest BCUT2D eigenvalue weighted by Crippen LogP contribution is 2.47. The molecular weight excluding hydrogens is 374 g/mol. The fourth-order valence-corrected chi connectivity index (χ4v) is 5.20. The molecule has 2 aliphatic heterocycles. The van der Waals surface area contributed by atoms with Gasteiger partial charge in [-0.15, -0.1) is 0 Å². The van der Waals surface area contributed by atoms with Crippen LogP contribution in [-0.4, -0.2) is 35.0 Å². The van der Waals surface area contributed by atoms with Crippen LogP contribution in [0.1, 0.15) is 136 Å². The average Bonchev–Trinajstić information content (AvgIpc) is 3.25. The zero-order valence-corrected chi connectivity index (χ0v) is 20.4. The van der Waals surface area contributed by atoms with E-state index in [9.17, 15) is 5.11 Å². The lowest BCUT2D eigenvalue weighted by Crippen LogP contribution is -2.71. The Kier molecular flexibility index (Phi) is 12.2. The molecule has 0 bridgehead atoms. The van der Waals surface area contributed by atoms with Crippen LogP contribution >= 0.6 is 0 Å². The standard InChI is InChI=1S/C26H51NO3/c1-4-6-8-10-12-14-16-20-24(21-17-15-13-11-9-7-5-2)25(3)29-26(28,30-25)27-22-18-19-23-27/h24,28H,4-23H2,1-3H3. The average molecular weight is 426 g/mol. The summed E-state index contributed by atoms with van der Waals surface area (Å²) in [7, 11) is 0. The van der Waals surface area contributed by atoms with Crippen molar-refractivity contribution in [1.29, 1.82) is 0 Å². The molecule has 2 fully saturated rings. The third-order valence-corrected chi connectivity index (χ3v) is 7.23. The monoisotopic (exact) mass is 425 g/mol. The molecule has 0 spiro atoms. The summed E-state index contributed by atoms with van der Waals surface area (Å²) in [4.78, 5) is 1.95. The molecule has 4 heteroatoms. The molecule has 0 amide bonds. The second-order valence-electron chi connectivity index (χ2n) is 9.98. The first-order valence-electron chi connectivity index (χ1n) is 13.4. The number of unbranched alkanes of at least 4 members (excludes halogenated alkanes) is 12. The van der Waals surface area contributed by atoms with Crippen LogP contribution in [0.3, 0.4) is 0 Å². The topological polar surface area (TPSA) is 41.9 Å². The summed E-state index contributed by atoms with van der Waals surface area (Å²) in [5.41, 5.74) is 0. The van der Waals surface area contributed by atoms with Crippen LogP contribution in [0.5, 0.6) is 0 Å². The van der Waals surface area contributed by atoms with Crippen molar-refractivity contribution in [2.24, 2.45) is 5.92 Å². The molecule has 0 aromatic carbocycles. The van der Waals surface area contributed by atoms with Crippen molar-refractivity contribution in [2.75, 3.05) is 13.1 Å². The van der Waals surface area contributed by atoms with Gasteiger partial charge in [0, 0.05) is 19.0 Å². The Morgan fingerprint density at radius 1 is 0.700 bits per heavy atom. The van der Waals surface area contributed by atoms with Crippen LogP contribution in [0.2, 0.25) is 0 Å². The van der Waals surface area contributed by atoms with E-state index in [2.05, 4.69) is 20.8 Å². The van der Waals surface area contributed by atoms with Crippen molar-refractivity contribution in [1.82, 2.24) is 4.90 Å². The van der Waals surface area contributed by atoms with Gasteiger partial charge in [0.1, 0.15) is 0 Å². The predicted molar refractivity (Wildman–Crippen MR) is 125 cm³/mol. The van der Waals surface area contributed by atoms with E-state index in [0.717, 1.165) is 38.8 Å². The minimum Gasteiger partial charge on any atom is -0.330 e. The molecule has 2 aliphatic rings. The Hall–Kier alpha value is -0.160. The van der Waals surface area contributed by atoms with Crippen LogP contribution in [0.25, 0.3) is 0 Å². The molecule has 30 heavy (non-hydrogen) atoms. The highest BCUT2D eigenvalue weighted by atomic mass is 17.0. The summed E-state index contributed by atoms with van der Waals surface area (Å²) in [5.74, 6) is -0.242. The largest absolute Gasteiger partial charge is 0.355 e. The Bertz CT molecular complexity index is 412. The van der Waals surface area contributed by atoms with Crippen molar-refractivity contribution < 1.29 is 14.6 Å². The molecule has 0 saturated carbocycles. The zero-order valence-electron chi connectivity index (χ0n) is 20.4. The number of likely N-dealkylation sites (tertiary alicyclic amines) is 1. The molecule has 2 saturated heterocycles.